The molecule has 0 aliphatic carbocycles. The molecule has 0 aliphatic rings. The van der Waals surface area contributed by atoms with Crippen LogP contribution in [-0.4, -0.2) is 16.1 Å². The van der Waals surface area contributed by atoms with Crippen LogP contribution in [0.1, 0.15) is 16.1 Å². The van der Waals surface area contributed by atoms with E-state index in [2.05, 4.69) is 10.6 Å². The molecule has 2 aromatic carbocycles. The molecule has 1 heterocycles. The molecule has 1 aromatic heterocycles. The van der Waals surface area contributed by atoms with Crippen LogP contribution in [0.15, 0.2) is 65.1 Å². The predicted molar refractivity (Wildman–Crippen MR) is 105 cm³/mol. The van der Waals surface area contributed by atoms with Gasteiger partial charge in [-0.25, -0.2) is 0 Å². The molecule has 3 N–H and O–H groups in total. The number of hydrogen-bond acceptors (Lipinski definition) is 4. The Hall–Kier alpha value is -2.67. The second-order valence-electron chi connectivity index (χ2n) is 5.42. The van der Waals surface area contributed by atoms with E-state index in [4.69, 9.17) is 33.3 Å². The Kier molecular flexibility index (Phi) is 5.68. The van der Waals surface area contributed by atoms with Gasteiger partial charge in [0.05, 0.1) is 0 Å². The number of amides is 1. The highest BCUT2D eigenvalue weighted by atomic mass is 35.5. The normalized spacial score (nSPS) is 10.4. The molecule has 0 spiro atoms. The van der Waals surface area contributed by atoms with E-state index < -0.39 is 0 Å². The Labute approximate surface area is 160 Å². The number of halogens is 1. The van der Waals surface area contributed by atoms with Gasteiger partial charge in [0.15, 0.2) is 5.11 Å². The third-order valence-corrected chi connectivity index (χ3v) is 4.00. The van der Waals surface area contributed by atoms with Crippen LogP contribution < -0.4 is 10.6 Å². The highest BCUT2D eigenvalue weighted by Crippen LogP contribution is 2.23. The first kappa shape index (κ1) is 18.1. The number of thiocarbonyl (C=S) groups is 1. The molecule has 0 saturated heterocycles. The average molecular weight is 387 g/mol. The maximum Gasteiger partial charge on any atom is 0.257 e. The van der Waals surface area contributed by atoms with E-state index in [1.807, 2.05) is 24.3 Å². The first-order valence-corrected chi connectivity index (χ1v) is 8.51. The fraction of sp³-hybridized carbons (Fsp3) is 0.0526. The largest absolute Gasteiger partial charge is 0.459 e. The van der Waals surface area contributed by atoms with Gasteiger partial charge in [0.1, 0.15) is 18.1 Å². The van der Waals surface area contributed by atoms with Crippen LogP contribution >= 0.6 is 23.8 Å². The van der Waals surface area contributed by atoms with E-state index in [0.717, 1.165) is 11.3 Å². The molecule has 5 nitrogen and oxygen atoms in total. The van der Waals surface area contributed by atoms with Crippen molar-refractivity contribution in [1.82, 2.24) is 5.32 Å². The monoisotopic (exact) mass is 386 g/mol. The molecular weight excluding hydrogens is 372 g/mol. The van der Waals surface area contributed by atoms with Gasteiger partial charge in [-0.1, -0.05) is 17.7 Å². The second kappa shape index (κ2) is 8.14. The van der Waals surface area contributed by atoms with Crippen molar-refractivity contribution in [3.8, 4) is 11.3 Å². The minimum atomic E-state index is -0.339. The van der Waals surface area contributed by atoms with Crippen molar-refractivity contribution >= 4 is 40.5 Å². The van der Waals surface area contributed by atoms with Crippen LogP contribution in [0.5, 0.6) is 0 Å². The summed E-state index contributed by atoms with van der Waals surface area (Å²) in [6, 6.07) is 17.5. The quantitative estimate of drug-likeness (QED) is 0.585. The maximum absolute atomic E-state index is 12.1. The van der Waals surface area contributed by atoms with Gasteiger partial charge < -0.3 is 14.8 Å². The summed E-state index contributed by atoms with van der Waals surface area (Å²) in [5, 5.41) is 15.3. The summed E-state index contributed by atoms with van der Waals surface area (Å²) in [5.41, 5.74) is 2.01. The van der Waals surface area contributed by atoms with Crippen molar-refractivity contribution in [3.63, 3.8) is 0 Å². The van der Waals surface area contributed by atoms with Crippen LogP contribution in [0, 0.1) is 0 Å². The topological polar surface area (TPSA) is 74.5 Å². The van der Waals surface area contributed by atoms with Gasteiger partial charge >= 0.3 is 0 Å². The summed E-state index contributed by atoms with van der Waals surface area (Å²) in [4.78, 5) is 12.1. The zero-order chi connectivity index (χ0) is 18.5. The van der Waals surface area contributed by atoms with Crippen molar-refractivity contribution in [3.05, 3.63) is 77.0 Å². The lowest BCUT2D eigenvalue weighted by Gasteiger charge is -2.10. The molecule has 0 aliphatic heterocycles. The lowest BCUT2D eigenvalue weighted by molar-refractivity contribution is 0.0977. The zero-order valence-electron chi connectivity index (χ0n) is 13.5. The van der Waals surface area contributed by atoms with Crippen molar-refractivity contribution in [2.45, 2.75) is 6.61 Å². The maximum atomic E-state index is 12.1. The highest BCUT2D eigenvalue weighted by molar-refractivity contribution is 7.80. The molecule has 7 heteroatoms. The number of rotatable bonds is 4. The first-order valence-electron chi connectivity index (χ1n) is 7.73. The molecule has 132 valence electrons. The third-order valence-electron chi connectivity index (χ3n) is 3.56. The van der Waals surface area contributed by atoms with E-state index in [1.165, 1.54) is 0 Å². The molecule has 3 aromatic rings. The Morgan fingerprint density at radius 3 is 2.54 bits per heavy atom. The van der Waals surface area contributed by atoms with Gasteiger partial charge in [-0.15, -0.1) is 0 Å². The lowest BCUT2D eigenvalue weighted by atomic mass is 10.1. The number of aliphatic hydroxyl groups excluding tert-OH is 1. The summed E-state index contributed by atoms with van der Waals surface area (Å²) in [5.74, 6) is 0.832. The minimum absolute atomic E-state index is 0.139. The molecule has 0 unspecified atom stereocenters. The van der Waals surface area contributed by atoms with Gasteiger partial charge in [-0.05, 0) is 66.8 Å². The number of furan rings is 1. The van der Waals surface area contributed by atoms with E-state index in [-0.39, 0.29) is 17.6 Å². The van der Waals surface area contributed by atoms with Crippen LogP contribution in [0.4, 0.5) is 5.69 Å². The number of hydrogen-bond donors (Lipinski definition) is 3. The minimum Gasteiger partial charge on any atom is -0.459 e. The fourth-order valence-corrected chi connectivity index (χ4v) is 2.70. The summed E-state index contributed by atoms with van der Waals surface area (Å²) < 4.78 is 5.49. The van der Waals surface area contributed by atoms with Crippen LogP contribution in [-0.2, 0) is 6.61 Å². The summed E-state index contributed by atoms with van der Waals surface area (Å²) in [6.45, 7) is -0.139. The molecule has 1 amide bonds. The lowest BCUT2D eigenvalue weighted by Crippen LogP contribution is -2.34. The van der Waals surface area contributed by atoms with E-state index in [1.54, 1.807) is 36.4 Å². The standard InChI is InChI=1S/C19H15ClN2O3S/c20-14-3-1-2-13(10-14)18(24)22-19(26)21-15-6-4-12(5-7-15)17-9-8-16(11-23)25-17/h1-10,23H,11H2,(H2,21,22,24,26). The number of aliphatic hydroxyl groups is 1. The SMILES string of the molecule is O=C(NC(=S)Nc1ccc(-c2ccc(CO)o2)cc1)c1cccc(Cl)c1. The molecular formula is C19H15ClN2O3S. The van der Waals surface area contributed by atoms with Gasteiger partial charge in [-0.2, -0.15) is 0 Å². The smallest absolute Gasteiger partial charge is 0.257 e. The third kappa shape index (κ3) is 4.49. The molecule has 0 radical (unpaired) electrons. The molecule has 0 saturated carbocycles. The summed E-state index contributed by atoms with van der Waals surface area (Å²) in [6.07, 6.45) is 0. The fourth-order valence-electron chi connectivity index (χ4n) is 2.30. The van der Waals surface area contributed by atoms with Crippen LogP contribution in [0.25, 0.3) is 11.3 Å². The summed E-state index contributed by atoms with van der Waals surface area (Å²) >= 11 is 11.0. The molecule has 0 fully saturated rings. The van der Waals surface area contributed by atoms with Crippen molar-refractivity contribution in [2.75, 3.05) is 5.32 Å². The Morgan fingerprint density at radius 2 is 1.88 bits per heavy atom. The van der Waals surface area contributed by atoms with E-state index >= 15 is 0 Å². The predicted octanol–water partition coefficient (Wildman–Crippen LogP) is 4.22. The van der Waals surface area contributed by atoms with E-state index in [0.29, 0.717) is 22.1 Å². The Morgan fingerprint density at radius 1 is 1.12 bits per heavy atom. The zero-order valence-corrected chi connectivity index (χ0v) is 15.1. The van der Waals surface area contributed by atoms with Crippen molar-refractivity contribution in [1.29, 1.82) is 0 Å². The molecule has 0 atom stereocenters. The second-order valence-corrected chi connectivity index (χ2v) is 6.26. The van der Waals surface area contributed by atoms with Crippen molar-refractivity contribution < 1.29 is 14.3 Å². The molecule has 0 bridgehead atoms. The van der Waals surface area contributed by atoms with Gasteiger partial charge in [0.25, 0.3) is 5.91 Å². The summed E-state index contributed by atoms with van der Waals surface area (Å²) in [7, 11) is 0. The number of nitrogens with one attached hydrogen (secondary N) is 2. The molecule has 3 rings (SSSR count). The molecule has 26 heavy (non-hydrogen) atoms. The van der Waals surface area contributed by atoms with Gasteiger partial charge in [-0.3, -0.25) is 10.1 Å². The van der Waals surface area contributed by atoms with Gasteiger partial charge in [0, 0.05) is 21.8 Å². The highest BCUT2D eigenvalue weighted by Gasteiger charge is 2.09. The number of benzene rings is 2. The Balaban J connectivity index is 1.61. The van der Waals surface area contributed by atoms with Crippen molar-refractivity contribution in [2.24, 2.45) is 0 Å². The van der Waals surface area contributed by atoms with Crippen LogP contribution in [0.3, 0.4) is 0 Å². The number of carbonyl (C=O) groups is 1. The number of carbonyl (C=O) groups excluding carboxylic acids is 1. The van der Waals surface area contributed by atoms with E-state index in [9.17, 15) is 4.79 Å². The number of anilines is 1. The first-order chi connectivity index (χ1) is 12.5. The average Bonchev–Trinajstić information content (AvgIpc) is 3.11. The van der Waals surface area contributed by atoms with Crippen LogP contribution in [0.2, 0.25) is 5.02 Å². The van der Waals surface area contributed by atoms with Gasteiger partial charge in [0.2, 0.25) is 0 Å². The Bertz CT molecular complexity index is 938.